The van der Waals surface area contributed by atoms with Crippen LogP contribution in [0.5, 0.6) is 28.7 Å². The van der Waals surface area contributed by atoms with E-state index in [0.29, 0.717) is 24.0 Å². The van der Waals surface area contributed by atoms with E-state index in [-0.39, 0.29) is 28.7 Å². The molecule has 0 spiro atoms. The molecule has 0 aliphatic rings. The Morgan fingerprint density at radius 3 is 1.21 bits per heavy atom. The van der Waals surface area contributed by atoms with Crippen LogP contribution in [0.3, 0.4) is 0 Å². The van der Waals surface area contributed by atoms with Crippen LogP contribution in [0, 0.1) is 0 Å². The first-order valence-electron chi connectivity index (χ1n) is 10.2. The molecule has 0 radical (unpaired) electrons. The Morgan fingerprint density at radius 1 is 0.500 bits per heavy atom. The maximum absolute atomic E-state index is 11.6. The number of carbonyl (C=O) groups is 5. The lowest BCUT2D eigenvalue weighted by Crippen LogP contribution is -2.11. The SMILES string of the molecule is CC(=O)Oc1cc(CCc2cc(OC(C)=O)c(OC(C)=O)c(OC(C)=O)c2)cc(OC(C)=O)c1. The first-order valence-corrected chi connectivity index (χ1v) is 10.2. The molecule has 0 unspecified atom stereocenters. The predicted molar refractivity (Wildman–Crippen MR) is 117 cm³/mol. The highest BCUT2D eigenvalue weighted by Gasteiger charge is 2.20. The molecular formula is C24H24O10. The molecule has 0 aliphatic carbocycles. The minimum Gasteiger partial charge on any atom is -0.427 e. The summed E-state index contributed by atoms with van der Waals surface area (Å²) in [6.45, 7) is 5.99. The molecule has 180 valence electrons. The summed E-state index contributed by atoms with van der Waals surface area (Å²) in [5.41, 5.74) is 1.25. The van der Waals surface area contributed by atoms with Crippen molar-refractivity contribution < 1.29 is 47.7 Å². The standard InChI is InChI=1S/C24H24O10/c1-13(25)30-20-8-18(9-21(12-20)31-14(2)26)6-7-19-10-22(32-15(3)27)24(34-17(5)29)23(11-19)33-16(4)28/h8-12H,6-7H2,1-5H3. The number of rotatable bonds is 8. The second kappa shape index (κ2) is 11.6. The van der Waals surface area contributed by atoms with Gasteiger partial charge in [0, 0.05) is 40.7 Å². The molecule has 0 N–H and O–H groups in total. The Labute approximate surface area is 195 Å². The van der Waals surface area contributed by atoms with Crippen molar-refractivity contribution in [2.75, 3.05) is 0 Å². The fraction of sp³-hybridized carbons (Fsp3) is 0.292. The van der Waals surface area contributed by atoms with E-state index in [9.17, 15) is 24.0 Å². The van der Waals surface area contributed by atoms with Gasteiger partial charge < -0.3 is 23.7 Å². The van der Waals surface area contributed by atoms with Crippen LogP contribution < -0.4 is 23.7 Å². The molecule has 0 saturated heterocycles. The number of esters is 5. The van der Waals surface area contributed by atoms with Gasteiger partial charge in [-0.1, -0.05) is 0 Å². The molecule has 34 heavy (non-hydrogen) atoms. The molecule has 10 nitrogen and oxygen atoms in total. The van der Waals surface area contributed by atoms with Gasteiger partial charge in [-0.2, -0.15) is 0 Å². The summed E-state index contributed by atoms with van der Waals surface area (Å²) in [6, 6.07) is 7.60. The van der Waals surface area contributed by atoms with Crippen LogP contribution in [-0.2, 0) is 36.8 Å². The van der Waals surface area contributed by atoms with Crippen LogP contribution in [0.2, 0.25) is 0 Å². The minimum absolute atomic E-state index is 0.0919. The van der Waals surface area contributed by atoms with E-state index >= 15 is 0 Å². The maximum atomic E-state index is 11.6. The summed E-state index contributed by atoms with van der Waals surface area (Å²) < 4.78 is 25.7. The van der Waals surface area contributed by atoms with E-state index in [2.05, 4.69) is 0 Å². The van der Waals surface area contributed by atoms with Crippen LogP contribution in [0.15, 0.2) is 30.3 Å². The summed E-state index contributed by atoms with van der Waals surface area (Å²) >= 11 is 0. The third-order valence-electron chi connectivity index (χ3n) is 4.00. The number of ether oxygens (including phenoxy) is 5. The smallest absolute Gasteiger partial charge is 0.308 e. The zero-order valence-electron chi connectivity index (χ0n) is 19.4. The van der Waals surface area contributed by atoms with E-state index in [0.717, 1.165) is 6.92 Å². The second-order valence-electron chi connectivity index (χ2n) is 7.20. The largest absolute Gasteiger partial charge is 0.427 e. The van der Waals surface area contributed by atoms with Crippen molar-refractivity contribution in [2.45, 2.75) is 47.5 Å². The van der Waals surface area contributed by atoms with Crippen molar-refractivity contribution in [2.24, 2.45) is 0 Å². The van der Waals surface area contributed by atoms with Crippen molar-refractivity contribution in [1.82, 2.24) is 0 Å². The van der Waals surface area contributed by atoms with Crippen molar-refractivity contribution in [3.8, 4) is 28.7 Å². The Bertz CT molecular complexity index is 1060. The Kier molecular flexibility index (Phi) is 8.88. The molecule has 0 saturated carbocycles. The summed E-state index contributed by atoms with van der Waals surface area (Å²) in [5.74, 6) is -3.09. The van der Waals surface area contributed by atoms with E-state index in [1.54, 1.807) is 12.1 Å². The molecule has 0 atom stereocenters. The Balaban J connectivity index is 2.42. The first kappa shape index (κ1) is 26.0. The van der Waals surface area contributed by atoms with Gasteiger partial charge in [0.05, 0.1) is 0 Å². The van der Waals surface area contributed by atoms with Crippen LogP contribution in [0.25, 0.3) is 0 Å². The number of benzene rings is 2. The number of aryl methyl sites for hydroxylation is 2. The van der Waals surface area contributed by atoms with Gasteiger partial charge >= 0.3 is 29.8 Å². The van der Waals surface area contributed by atoms with Gasteiger partial charge in [-0.05, 0) is 48.2 Å². The minimum atomic E-state index is -0.699. The molecule has 0 amide bonds. The molecule has 2 aromatic rings. The lowest BCUT2D eigenvalue weighted by molar-refractivity contribution is -0.135. The highest BCUT2D eigenvalue weighted by Crippen LogP contribution is 2.40. The van der Waals surface area contributed by atoms with Crippen LogP contribution >= 0.6 is 0 Å². The van der Waals surface area contributed by atoms with Gasteiger partial charge in [0.2, 0.25) is 5.75 Å². The summed E-state index contributed by atoms with van der Waals surface area (Å²) in [4.78, 5) is 57.4. The third-order valence-corrected chi connectivity index (χ3v) is 4.00. The topological polar surface area (TPSA) is 132 Å². The van der Waals surface area contributed by atoms with E-state index < -0.39 is 29.8 Å². The molecule has 0 bridgehead atoms. The average molecular weight is 472 g/mol. The average Bonchev–Trinajstić information content (AvgIpc) is 2.66. The predicted octanol–water partition coefficient (Wildman–Crippen LogP) is 3.10. The third kappa shape index (κ3) is 8.38. The monoisotopic (exact) mass is 472 g/mol. The van der Waals surface area contributed by atoms with Gasteiger partial charge in [0.15, 0.2) is 11.5 Å². The molecule has 0 aliphatic heterocycles. The molecule has 0 heterocycles. The summed E-state index contributed by atoms with van der Waals surface area (Å²) in [6.07, 6.45) is 0.710. The fourth-order valence-corrected chi connectivity index (χ4v) is 2.99. The van der Waals surface area contributed by atoms with E-state index in [1.807, 2.05) is 0 Å². The summed E-state index contributed by atoms with van der Waals surface area (Å²) in [5, 5.41) is 0. The highest BCUT2D eigenvalue weighted by atomic mass is 16.6. The highest BCUT2D eigenvalue weighted by molar-refractivity contribution is 5.78. The Hall–Kier alpha value is -4.21. The number of carbonyl (C=O) groups excluding carboxylic acids is 5. The molecule has 0 fully saturated rings. The second-order valence-corrected chi connectivity index (χ2v) is 7.20. The van der Waals surface area contributed by atoms with Crippen LogP contribution in [0.1, 0.15) is 45.7 Å². The number of hydrogen-bond acceptors (Lipinski definition) is 10. The molecule has 0 aromatic heterocycles. The zero-order chi connectivity index (χ0) is 25.4. The van der Waals surface area contributed by atoms with E-state index in [4.69, 9.17) is 23.7 Å². The van der Waals surface area contributed by atoms with E-state index in [1.165, 1.54) is 45.9 Å². The quantitative estimate of drug-likeness (QED) is 0.417. The lowest BCUT2D eigenvalue weighted by Gasteiger charge is -2.15. The van der Waals surface area contributed by atoms with Crippen molar-refractivity contribution >= 4 is 29.8 Å². The van der Waals surface area contributed by atoms with Gasteiger partial charge in [0.25, 0.3) is 0 Å². The zero-order valence-corrected chi connectivity index (χ0v) is 19.4. The van der Waals surface area contributed by atoms with Gasteiger partial charge in [-0.25, -0.2) is 0 Å². The molecule has 2 rings (SSSR count). The van der Waals surface area contributed by atoms with Gasteiger partial charge in [0.1, 0.15) is 11.5 Å². The summed E-state index contributed by atoms with van der Waals surface area (Å²) in [7, 11) is 0. The first-order chi connectivity index (χ1) is 15.9. The molecule has 10 heteroatoms. The number of hydrogen-bond donors (Lipinski definition) is 0. The lowest BCUT2D eigenvalue weighted by atomic mass is 10.0. The van der Waals surface area contributed by atoms with Crippen molar-refractivity contribution in [3.63, 3.8) is 0 Å². The normalized spacial score (nSPS) is 10.1. The van der Waals surface area contributed by atoms with Crippen molar-refractivity contribution in [1.29, 1.82) is 0 Å². The fourth-order valence-electron chi connectivity index (χ4n) is 2.99. The Morgan fingerprint density at radius 2 is 0.853 bits per heavy atom. The van der Waals surface area contributed by atoms with Crippen molar-refractivity contribution in [3.05, 3.63) is 41.5 Å². The van der Waals surface area contributed by atoms with Crippen LogP contribution in [-0.4, -0.2) is 29.8 Å². The molecular weight excluding hydrogens is 448 g/mol. The van der Waals surface area contributed by atoms with Crippen LogP contribution in [0.4, 0.5) is 0 Å². The maximum Gasteiger partial charge on any atom is 0.308 e. The van der Waals surface area contributed by atoms with Gasteiger partial charge in [-0.3, -0.25) is 24.0 Å². The van der Waals surface area contributed by atoms with Gasteiger partial charge in [-0.15, -0.1) is 0 Å². The molecule has 2 aromatic carbocycles.